The van der Waals surface area contributed by atoms with Gasteiger partial charge in [0.2, 0.25) is 5.91 Å². The molecule has 6 heteroatoms. The molecule has 0 radical (unpaired) electrons. The molecule has 0 bridgehead atoms. The quantitative estimate of drug-likeness (QED) is 0.920. The third-order valence-corrected chi connectivity index (χ3v) is 3.95. The zero-order chi connectivity index (χ0) is 15.5. The fraction of sp³-hybridized carbons (Fsp3) is 0.562. The summed E-state index contributed by atoms with van der Waals surface area (Å²) < 4.78 is 24.4. The van der Waals surface area contributed by atoms with E-state index in [-0.39, 0.29) is 30.5 Å². The van der Waals surface area contributed by atoms with Crippen LogP contribution < -0.4 is 15.0 Å². The molecule has 0 aromatic heterocycles. The number of amides is 1. The summed E-state index contributed by atoms with van der Waals surface area (Å²) in [5.41, 5.74) is 0.756. The summed E-state index contributed by atoms with van der Waals surface area (Å²) in [6.45, 7) is 4.08. The van der Waals surface area contributed by atoms with Crippen molar-refractivity contribution >= 4 is 11.6 Å². The lowest BCUT2D eigenvalue weighted by atomic mass is 10.2. The Morgan fingerprint density at radius 2 is 2.36 bits per heavy atom. The number of benzene rings is 1. The van der Waals surface area contributed by atoms with Crippen molar-refractivity contribution in [1.29, 1.82) is 0 Å². The highest BCUT2D eigenvalue weighted by molar-refractivity contribution is 5.82. The van der Waals surface area contributed by atoms with Crippen LogP contribution in [0.15, 0.2) is 18.2 Å². The predicted octanol–water partition coefficient (Wildman–Crippen LogP) is 1.71. The molecule has 1 aromatic carbocycles. The summed E-state index contributed by atoms with van der Waals surface area (Å²) in [5, 5.41) is 2.91. The molecule has 0 saturated carbocycles. The zero-order valence-corrected chi connectivity index (χ0v) is 12.7. The normalized spacial score (nSPS) is 23.8. The number of anilines is 1. The predicted molar refractivity (Wildman–Crippen MR) is 80.7 cm³/mol. The Bertz CT molecular complexity index is 546. The molecule has 0 spiro atoms. The Morgan fingerprint density at radius 3 is 3.14 bits per heavy atom. The third-order valence-electron chi connectivity index (χ3n) is 3.95. The van der Waals surface area contributed by atoms with E-state index in [0.29, 0.717) is 18.8 Å². The zero-order valence-electron chi connectivity index (χ0n) is 12.7. The Kier molecular flexibility index (Phi) is 4.47. The first kappa shape index (κ1) is 15.1. The van der Waals surface area contributed by atoms with E-state index in [1.807, 2.05) is 11.8 Å². The lowest BCUT2D eigenvalue weighted by Gasteiger charge is -2.34. The van der Waals surface area contributed by atoms with Gasteiger partial charge in [0, 0.05) is 19.2 Å². The van der Waals surface area contributed by atoms with Crippen molar-refractivity contribution in [1.82, 2.24) is 5.32 Å². The Morgan fingerprint density at radius 1 is 1.50 bits per heavy atom. The van der Waals surface area contributed by atoms with E-state index in [9.17, 15) is 9.18 Å². The maximum atomic E-state index is 13.3. The molecule has 0 unspecified atom stereocenters. The van der Waals surface area contributed by atoms with E-state index in [1.54, 1.807) is 6.07 Å². The summed E-state index contributed by atoms with van der Waals surface area (Å²) in [5.74, 6) is 0.0983. The van der Waals surface area contributed by atoms with Crippen molar-refractivity contribution in [2.45, 2.75) is 32.0 Å². The van der Waals surface area contributed by atoms with Gasteiger partial charge in [0.05, 0.1) is 24.9 Å². The number of halogens is 1. The number of ether oxygens (including phenoxy) is 2. The van der Waals surface area contributed by atoms with Gasteiger partial charge in [-0.3, -0.25) is 4.79 Å². The Hall–Kier alpha value is -1.82. The highest BCUT2D eigenvalue weighted by Gasteiger charge is 2.25. The van der Waals surface area contributed by atoms with E-state index in [1.165, 1.54) is 12.1 Å². The van der Waals surface area contributed by atoms with Gasteiger partial charge in [0.15, 0.2) is 0 Å². The molecule has 2 atom stereocenters. The van der Waals surface area contributed by atoms with Gasteiger partial charge in [-0.1, -0.05) is 0 Å². The van der Waals surface area contributed by atoms with Crippen LogP contribution in [0.3, 0.4) is 0 Å². The molecule has 1 amide bonds. The van der Waals surface area contributed by atoms with Crippen molar-refractivity contribution < 1.29 is 18.7 Å². The first-order chi connectivity index (χ1) is 10.6. The molecule has 1 N–H and O–H groups in total. The fourth-order valence-electron chi connectivity index (χ4n) is 2.92. The van der Waals surface area contributed by atoms with Gasteiger partial charge in [-0.2, -0.15) is 0 Å². The van der Waals surface area contributed by atoms with Gasteiger partial charge in [0.1, 0.15) is 17.7 Å². The monoisotopic (exact) mass is 308 g/mol. The number of hydrogen-bond acceptors (Lipinski definition) is 4. The van der Waals surface area contributed by atoms with Crippen LogP contribution >= 0.6 is 0 Å². The summed E-state index contributed by atoms with van der Waals surface area (Å²) in [6, 6.07) is 4.40. The number of carbonyl (C=O) groups excluding carboxylic acids is 1. The second-order valence-corrected chi connectivity index (χ2v) is 5.86. The van der Waals surface area contributed by atoms with Crippen molar-refractivity contribution in [2.24, 2.45) is 0 Å². The van der Waals surface area contributed by atoms with Crippen LogP contribution in [0.2, 0.25) is 0 Å². The van der Waals surface area contributed by atoms with Gasteiger partial charge < -0.3 is 19.7 Å². The Labute approximate surface area is 129 Å². The van der Waals surface area contributed by atoms with Crippen LogP contribution in [0, 0.1) is 5.82 Å². The molecule has 1 aromatic rings. The van der Waals surface area contributed by atoms with E-state index in [2.05, 4.69) is 5.32 Å². The maximum Gasteiger partial charge on any atom is 0.239 e. The van der Waals surface area contributed by atoms with Crippen molar-refractivity contribution in [2.75, 3.05) is 31.1 Å². The van der Waals surface area contributed by atoms with Crippen LogP contribution in [0.4, 0.5) is 10.1 Å². The van der Waals surface area contributed by atoms with Crippen molar-refractivity contribution in [3.8, 4) is 5.75 Å². The summed E-state index contributed by atoms with van der Waals surface area (Å²) in [7, 11) is 0. The Balaban J connectivity index is 1.61. The van der Waals surface area contributed by atoms with Crippen LogP contribution in [0.1, 0.15) is 19.8 Å². The minimum absolute atomic E-state index is 0.0557. The molecule has 0 aliphatic carbocycles. The number of nitrogens with one attached hydrogen (secondary N) is 1. The number of hydrogen-bond donors (Lipinski definition) is 1. The van der Waals surface area contributed by atoms with Gasteiger partial charge in [0.25, 0.3) is 0 Å². The number of carbonyl (C=O) groups is 1. The summed E-state index contributed by atoms with van der Waals surface area (Å²) in [6.07, 6.45) is 2.10. The minimum Gasteiger partial charge on any atom is -0.487 e. The second-order valence-electron chi connectivity index (χ2n) is 5.86. The molecule has 3 rings (SSSR count). The van der Waals surface area contributed by atoms with Gasteiger partial charge in [-0.05, 0) is 31.9 Å². The van der Waals surface area contributed by atoms with Crippen LogP contribution in [0.5, 0.6) is 5.75 Å². The third kappa shape index (κ3) is 3.50. The molecule has 1 saturated heterocycles. The van der Waals surface area contributed by atoms with Crippen LogP contribution in [-0.2, 0) is 9.53 Å². The lowest BCUT2D eigenvalue weighted by molar-refractivity contribution is -0.120. The maximum absolute atomic E-state index is 13.3. The topological polar surface area (TPSA) is 50.8 Å². The first-order valence-electron chi connectivity index (χ1n) is 7.71. The molecule has 1 fully saturated rings. The highest BCUT2D eigenvalue weighted by Crippen LogP contribution is 2.33. The SMILES string of the molecule is C[C@@H]1CN(CC(=O)NC[C@@H]2CCCO2)c2ccc(F)cc2O1. The van der Waals surface area contributed by atoms with Gasteiger partial charge in [-0.25, -0.2) is 4.39 Å². The lowest BCUT2D eigenvalue weighted by Crippen LogP contribution is -2.45. The standard InChI is InChI=1S/C16H21FN2O3/c1-11-9-19(14-5-4-12(17)7-15(14)22-11)10-16(20)18-8-13-3-2-6-21-13/h4-5,7,11,13H,2-3,6,8-10H2,1H3,(H,18,20)/t11-,13+/m1/s1. The van der Waals surface area contributed by atoms with Crippen molar-refractivity contribution in [3.05, 3.63) is 24.0 Å². The molecular weight excluding hydrogens is 287 g/mol. The molecule has 2 heterocycles. The van der Waals surface area contributed by atoms with Crippen LogP contribution in [-0.4, -0.2) is 44.4 Å². The van der Waals surface area contributed by atoms with E-state index < -0.39 is 0 Å². The van der Waals surface area contributed by atoms with Crippen molar-refractivity contribution in [3.63, 3.8) is 0 Å². The average Bonchev–Trinajstić information content (AvgIpc) is 2.97. The summed E-state index contributed by atoms with van der Waals surface area (Å²) in [4.78, 5) is 14.1. The van der Waals surface area contributed by atoms with E-state index in [4.69, 9.17) is 9.47 Å². The van der Waals surface area contributed by atoms with Gasteiger partial charge in [-0.15, -0.1) is 0 Å². The van der Waals surface area contributed by atoms with Crippen LogP contribution in [0.25, 0.3) is 0 Å². The molecule has 22 heavy (non-hydrogen) atoms. The fourth-order valence-corrected chi connectivity index (χ4v) is 2.92. The van der Waals surface area contributed by atoms with Gasteiger partial charge >= 0.3 is 0 Å². The second kappa shape index (κ2) is 6.52. The molecule has 5 nitrogen and oxygen atoms in total. The largest absolute Gasteiger partial charge is 0.487 e. The smallest absolute Gasteiger partial charge is 0.239 e. The number of fused-ring (bicyclic) bond motifs is 1. The van der Waals surface area contributed by atoms with E-state index >= 15 is 0 Å². The number of rotatable bonds is 4. The molecule has 2 aliphatic heterocycles. The summed E-state index contributed by atoms with van der Waals surface area (Å²) >= 11 is 0. The average molecular weight is 308 g/mol. The molecule has 120 valence electrons. The molecular formula is C16H21FN2O3. The minimum atomic E-state index is -0.337. The first-order valence-corrected chi connectivity index (χ1v) is 7.71. The number of nitrogens with zero attached hydrogens (tertiary/aromatic N) is 1. The van der Waals surface area contributed by atoms with E-state index in [0.717, 1.165) is 25.1 Å². The highest BCUT2D eigenvalue weighted by atomic mass is 19.1. The molecule has 2 aliphatic rings.